The summed E-state index contributed by atoms with van der Waals surface area (Å²) < 4.78 is 30.5. The van der Waals surface area contributed by atoms with Crippen LogP contribution in [0, 0.1) is 18.3 Å². The predicted octanol–water partition coefficient (Wildman–Crippen LogP) is 2.30. The second kappa shape index (κ2) is 6.05. The number of carbonyl (C=O) groups is 1. The average Bonchev–Trinajstić information content (AvgIpc) is 2.27. The lowest BCUT2D eigenvalue weighted by Crippen LogP contribution is -2.11. The number of aromatic nitrogens is 1. The van der Waals surface area contributed by atoms with Crippen LogP contribution in [0.1, 0.15) is 35.9 Å². The van der Waals surface area contributed by atoms with Crippen molar-refractivity contribution in [1.29, 1.82) is 5.26 Å². The molecule has 0 aromatic carbocycles. The maximum absolute atomic E-state index is 12.9. The van der Waals surface area contributed by atoms with Gasteiger partial charge in [-0.2, -0.15) is 5.26 Å². The number of nitriles is 1. The van der Waals surface area contributed by atoms with Gasteiger partial charge in [0.25, 0.3) is 6.43 Å². The van der Waals surface area contributed by atoms with Crippen molar-refractivity contribution in [2.24, 2.45) is 0 Å². The minimum atomic E-state index is -2.74. The molecule has 0 atom stereocenters. The number of nitrogens with zero attached hydrogens (tertiary/aromatic N) is 2. The van der Waals surface area contributed by atoms with Crippen molar-refractivity contribution >= 4 is 5.97 Å². The van der Waals surface area contributed by atoms with E-state index < -0.39 is 12.4 Å². The normalized spacial score (nSPS) is 10.2. The third-order valence-electron chi connectivity index (χ3n) is 2.31. The quantitative estimate of drug-likeness (QED) is 0.773. The Balaban J connectivity index is 3.18. The predicted molar refractivity (Wildman–Crippen MR) is 59.0 cm³/mol. The van der Waals surface area contributed by atoms with Crippen molar-refractivity contribution in [3.63, 3.8) is 0 Å². The lowest BCUT2D eigenvalue weighted by atomic mass is 10.0. The maximum Gasteiger partial charge on any atom is 0.310 e. The monoisotopic (exact) mass is 254 g/mol. The summed E-state index contributed by atoms with van der Waals surface area (Å²) >= 11 is 0. The Morgan fingerprint density at radius 2 is 2.28 bits per heavy atom. The summed E-state index contributed by atoms with van der Waals surface area (Å²) in [7, 11) is 0. The zero-order chi connectivity index (χ0) is 13.7. The molecule has 0 aliphatic carbocycles. The Morgan fingerprint density at radius 1 is 1.61 bits per heavy atom. The van der Waals surface area contributed by atoms with Crippen molar-refractivity contribution < 1.29 is 18.3 Å². The standard InChI is InChI=1S/C12H12F2N2O2/c1-3-18-10(17)5-8-4-9(6-15)16-7(2)11(8)12(13)14/h4,12H,3,5H2,1-2H3. The average molecular weight is 254 g/mol. The molecule has 0 bridgehead atoms. The largest absolute Gasteiger partial charge is 0.466 e. The Labute approximate surface area is 103 Å². The van der Waals surface area contributed by atoms with Gasteiger partial charge in [0.05, 0.1) is 13.0 Å². The van der Waals surface area contributed by atoms with E-state index in [0.717, 1.165) is 0 Å². The number of aryl methyl sites for hydroxylation is 1. The molecule has 6 heteroatoms. The number of hydrogen-bond acceptors (Lipinski definition) is 4. The number of esters is 1. The molecule has 1 aromatic heterocycles. The number of rotatable bonds is 4. The third-order valence-corrected chi connectivity index (χ3v) is 2.31. The molecule has 0 saturated carbocycles. The highest BCUT2D eigenvalue weighted by atomic mass is 19.3. The molecule has 0 fully saturated rings. The van der Waals surface area contributed by atoms with Crippen LogP contribution in [0.2, 0.25) is 0 Å². The lowest BCUT2D eigenvalue weighted by molar-refractivity contribution is -0.142. The van der Waals surface area contributed by atoms with Crippen LogP contribution >= 0.6 is 0 Å². The summed E-state index contributed by atoms with van der Waals surface area (Å²) in [5.74, 6) is -0.603. The van der Waals surface area contributed by atoms with Gasteiger partial charge in [0, 0.05) is 11.3 Å². The van der Waals surface area contributed by atoms with Crippen molar-refractivity contribution in [2.45, 2.75) is 26.7 Å². The summed E-state index contributed by atoms with van der Waals surface area (Å²) in [4.78, 5) is 15.1. The summed E-state index contributed by atoms with van der Waals surface area (Å²) in [6, 6.07) is 2.97. The smallest absolute Gasteiger partial charge is 0.310 e. The first-order chi connectivity index (χ1) is 8.49. The highest BCUT2D eigenvalue weighted by Crippen LogP contribution is 2.26. The third kappa shape index (κ3) is 3.23. The van der Waals surface area contributed by atoms with E-state index in [1.165, 1.54) is 13.0 Å². The molecule has 96 valence electrons. The fraction of sp³-hybridized carbons (Fsp3) is 0.417. The summed E-state index contributed by atoms with van der Waals surface area (Å²) in [5.41, 5.74) is -0.144. The highest BCUT2D eigenvalue weighted by molar-refractivity contribution is 5.73. The van der Waals surface area contributed by atoms with Crippen LogP contribution in [0.5, 0.6) is 0 Å². The van der Waals surface area contributed by atoms with E-state index in [2.05, 4.69) is 4.98 Å². The number of hydrogen-bond donors (Lipinski definition) is 0. The zero-order valence-corrected chi connectivity index (χ0v) is 10.0. The Hall–Kier alpha value is -2.03. The molecule has 1 heterocycles. The number of carbonyl (C=O) groups excluding carboxylic acids is 1. The van der Waals surface area contributed by atoms with Crippen LogP contribution in [0.15, 0.2) is 6.07 Å². The van der Waals surface area contributed by atoms with Gasteiger partial charge in [-0.05, 0) is 25.5 Å². The van der Waals surface area contributed by atoms with Gasteiger partial charge in [-0.3, -0.25) is 4.79 Å². The summed E-state index contributed by atoms with van der Waals surface area (Å²) in [5, 5.41) is 8.74. The van der Waals surface area contributed by atoms with Crippen molar-refractivity contribution in [3.05, 3.63) is 28.6 Å². The molecule has 0 N–H and O–H groups in total. The molecule has 0 aliphatic rings. The highest BCUT2D eigenvalue weighted by Gasteiger charge is 2.20. The number of halogens is 2. The second-order valence-electron chi connectivity index (χ2n) is 3.56. The fourth-order valence-electron chi connectivity index (χ4n) is 1.62. The van der Waals surface area contributed by atoms with Crippen LogP contribution in [-0.2, 0) is 16.0 Å². The van der Waals surface area contributed by atoms with E-state index in [9.17, 15) is 13.6 Å². The number of pyridine rings is 1. The van der Waals surface area contributed by atoms with Crippen LogP contribution in [0.4, 0.5) is 8.78 Å². The Morgan fingerprint density at radius 3 is 2.78 bits per heavy atom. The van der Waals surface area contributed by atoms with E-state index >= 15 is 0 Å². The Kier molecular flexibility index (Phi) is 4.72. The van der Waals surface area contributed by atoms with Gasteiger partial charge >= 0.3 is 5.97 Å². The molecule has 4 nitrogen and oxygen atoms in total. The maximum atomic E-state index is 12.9. The van der Waals surface area contributed by atoms with E-state index in [4.69, 9.17) is 10.00 Å². The van der Waals surface area contributed by atoms with E-state index in [-0.39, 0.29) is 35.5 Å². The molecule has 0 aliphatic heterocycles. The zero-order valence-electron chi connectivity index (χ0n) is 10.0. The second-order valence-corrected chi connectivity index (χ2v) is 3.56. The van der Waals surface area contributed by atoms with E-state index in [1.807, 2.05) is 0 Å². The first-order valence-electron chi connectivity index (χ1n) is 5.33. The SMILES string of the molecule is CCOC(=O)Cc1cc(C#N)nc(C)c1C(F)F. The topological polar surface area (TPSA) is 63.0 Å². The van der Waals surface area contributed by atoms with Gasteiger partial charge in [-0.1, -0.05) is 0 Å². The van der Waals surface area contributed by atoms with Crippen molar-refractivity contribution in [1.82, 2.24) is 4.98 Å². The van der Waals surface area contributed by atoms with Crippen LogP contribution in [0.25, 0.3) is 0 Å². The minimum absolute atomic E-state index is 0.0104. The van der Waals surface area contributed by atoms with E-state index in [0.29, 0.717) is 0 Å². The molecule has 0 saturated heterocycles. The molecular formula is C12H12F2N2O2. The molecule has 0 amide bonds. The first-order valence-corrected chi connectivity index (χ1v) is 5.33. The first kappa shape index (κ1) is 14.0. The van der Waals surface area contributed by atoms with Crippen LogP contribution < -0.4 is 0 Å². The summed E-state index contributed by atoms with van der Waals surface area (Å²) in [6.07, 6.45) is -3.03. The number of ether oxygens (including phenoxy) is 1. The molecule has 1 rings (SSSR count). The molecule has 1 aromatic rings. The van der Waals surface area contributed by atoms with Crippen LogP contribution in [0.3, 0.4) is 0 Å². The van der Waals surface area contributed by atoms with Gasteiger partial charge in [-0.15, -0.1) is 0 Å². The minimum Gasteiger partial charge on any atom is -0.466 e. The van der Waals surface area contributed by atoms with Crippen molar-refractivity contribution in [2.75, 3.05) is 6.61 Å². The molecule has 0 unspecified atom stereocenters. The van der Waals surface area contributed by atoms with Gasteiger partial charge in [0.15, 0.2) is 0 Å². The molecular weight excluding hydrogens is 242 g/mol. The molecule has 0 radical (unpaired) electrons. The van der Waals surface area contributed by atoms with Crippen molar-refractivity contribution in [3.8, 4) is 6.07 Å². The van der Waals surface area contributed by atoms with E-state index in [1.54, 1.807) is 13.0 Å². The Bertz CT molecular complexity index is 496. The van der Waals surface area contributed by atoms with Crippen LogP contribution in [-0.4, -0.2) is 17.6 Å². The van der Waals surface area contributed by atoms with Gasteiger partial charge in [0.1, 0.15) is 11.8 Å². The number of alkyl halides is 2. The lowest BCUT2D eigenvalue weighted by Gasteiger charge is -2.11. The van der Waals surface area contributed by atoms with Gasteiger partial charge < -0.3 is 4.74 Å². The van der Waals surface area contributed by atoms with Gasteiger partial charge in [0.2, 0.25) is 0 Å². The molecule has 18 heavy (non-hydrogen) atoms. The summed E-state index contributed by atoms with van der Waals surface area (Å²) in [6.45, 7) is 3.19. The van der Waals surface area contributed by atoms with Gasteiger partial charge in [-0.25, -0.2) is 13.8 Å². The molecule has 0 spiro atoms. The fourth-order valence-corrected chi connectivity index (χ4v) is 1.62.